The zero-order valence-electron chi connectivity index (χ0n) is 29.7. The van der Waals surface area contributed by atoms with Crippen LogP contribution in [0.15, 0.2) is 84.9 Å². The number of carbonyl (C=O) groups is 4. The molecule has 0 unspecified atom stereocenters. The molecule has 0 aromatic heterocycles. The normalized spacial score (nSPS) is 11.6. The summed E-state index contributed by atoms with van der Waals surface area (Å²) >= 11 is 25.0. The van der Waals surface area contributed by atoms with E-state index in [4.69, 9.17) is 60.6 Å². The molecule has 5 aromatic carbocycles. The molecule has 0 amide bonds. The molecule has 0 N–H and O–H groups in total. The third-order valence-electron chi connectivity index (χ3n) is 8.41. The highest BCUT2D eigenvalue weighted by Crippen LogP contribution is 2.33. The van der Waals surface area contributed by atoms with E-state index in [1.54, 1.807) is 0 Å². The molecule has 2 radical (unpaired) electrons. The molecule has 0 bridgehead atoms. The van der Waals surface area contributed by atoms with Crippen molar-refractivity contribution < 1.29 is 38.5 Å². The van der Waals surface area contributed by atoms with Crippen LogP contribution < -0.4 is 4.74 Å². The van der Waals surface area contributed by atoms with Gasteiger partial charge in [0.25, 0.3) is 0 Å². The molecule has 8 nitrogen and oxygen atoms in total. The van der Waals surface area contributed by atoms with Gasteiger partial charge in [-0.15, -0.1) is 0 Å². The standard InChI is InChI=1S/C42H34Cl4O8/c1-41(2,22-52-39(50)35-31(43)6-5-7-32(35)44)20-24-8-10-29-17-25(9-11-28(29)16-24)21-42(3,4)23-53-40(51)36-33(45)18-30(19-34(36)46)54-38(49)27-14-12-26(13-15-27)37(47)48/h6-19H,20-23H2,1-4H3. The third kappa shape index (κ3) is 10.3. The second-order valence-electron chi connectivity index (χ2n) is 14.4. The molecule has 0 aliphatic carbocycles. The average molecular weight is 809 g/mol. The molecule has 0 saturated heterocycles. The summed E-state index contributed by atoms with van der Waals surface area (Å²) in [5.74, 6) is -3.48. The van der Waals surface area contributed by atoms with Gasteiger partial charge in [-0.25, -0.2) is 24.3 Å². The maximum Gasteiger partial charge on any atom is 0.386 e. The number of benzene rings is 5. The number of halogens is 4. The monoisotopic (exact) mass is 806 g/mol. The third-order valence-corrected chi connectivity index (χ3v) is 9.60. The number of ether oxygens (including phenoxy) is 3. The van der Waals surface area contributed by atoms with Gasteiger partial charge in [-0.2, -0.15) is 0 Å². The molecule has 0 aliphatic rings. The quantitative estimate of drug-likeness (QED) is 0.0859. The predicted molar refractivity (Wildman–Crippen MR) is 208 cm³/mol. The Morgan fingerprint density at radius 1 is 0.574 bits per heavy atom. The molecule has 278 valence electrons. The number of esters is 3. The smallest absolute Gasteiger partial charge is 0.386 e. The van der Waals surface area contributed by atoms with E-state index in [2.05, 4.69) is 36.4 Å². The second kappa shape index (κ2) is 16.8. The van der Waals surface area contributed by atoms with Gasteiger partial charge in [0.2, 0.25) is 0 Å². The van der Waals surface area contributed by atoms with Gasteiger partial charge in [0.1, 0.15) is 5.75 Å². The SMILES string of the molecule is CC(C)(COC(=O)c1c(Cl)c[c]cc1Cl)Cc1ccc2cc(CC(C)(C)COC(=O)c3c(Cl)cc(OC(=O)c4ccc(C([O])=O)cc4)cc3Cl)ccc2c1. The van der Waals surface area contributed by atoms with Crippen molar-refractivity contribution >= 4 is 81.1 Å². The summed E-state index contributed by atoms with van der Waals surface area (Å²) in [7, 11) is 0. The van der Waals surface area contributed by atoms with Crippen molar-refractivity contribution in [3.63, 3.8) is 0 Å². The Labute approximate surface area is 332 Å². The summed E-state index contributed by atoms with van der Waals surface area (Å²) in [6.45, 7) is 8.23. The Balaban J connectivity index is 1.16. The number of fused-ring (bicyclic) bond motifs is 1. The molecule has 0 aliphatic heterocycles. The van der Waals surface area contributed by atoms with Crippen molar-refractivity contribution in [3.8, 4) is 5.75 Å². The van der Waals surface area contributed by atoms with Gasteiger partial charge in [0.15, 0.2) is 0 Å². The van der Waals surface area contributed by atoms with Gasteiger partial charge < -0.3 is 14.2 Å². The van der Waals surface area contributed by atoms with E-state index in [-0.39, 0.29) is 66.7 Å². The molecule has 0 fully saturated rings. The van der Waals surface area contributed by atoms with Crippen LogP contribution in [0.25, 0.3) is 10.8 Å². The van der Waals surface area contributed by atoms with Gasteiger partial charge in [-0.3, -0.25) is 0 Å². The van der Waals surface area contributed by atoms with Crippen molar-refractivity contribution in [2.24, 2.45) is 10.8 Å². The minimum Gasteiger partial charge on any atom is -0.461 e. The van der Waals surface area contributed by atoms with Gasteiger partial charge in [0, 0.05) is 23.0 Å². The van der Waals surface area contributed by atoms with Gasteiger partial charge in [-0.05, 0) is 77.2 Å². The summed E-state index contributed by atoms with van der Waals surface area (Å²) in [4.78, 5) is 49.3. The van der Waals surface area contributed by atoms with Crippen LogP contribution in [0.4, 0.5) is 0 Å². The zero-order chi connectivity index (χ0) is 39.4. The van der Waals surface area contributed by atoms with Crippen molar-refractivity contribution in [2.75, 3.05) is 13.2 Å². The Hall–Kier alpha value is -4.60. The molecule has 5 aromatic rings. The molecule has 54 heavy (non-hydrogen) atoms. The van der Waals surface area contributed by atoms with Crippen molar-refractivity contribution in [2.45, 2.75) is 40.5 Å². The first-order valence-corrected chi connectivity index (χ1v) is 18.2. The number of rotatable bonds is 13. The van der Waals surface area contributed by atoms with Crippen LogP contribution in [0.2, 0.25) is 20.1 Å². The first-order valence-electron chi connectivity index (χ1n) is 16.6. The highest BCUT2D eigenvalue weighted by molar-refractivity contribution is 6.40. The van der Waals surface area contributed by atoms with E-state index in [0.717, 1.165) is 21.9 Å². The largest absolute Gasteiger partial charge is 0.461 e. The molecular weight excluding hydrogens is 774 g/mol. The fourth-order valence-electron chi connectivity index (χ4n) is 5.79. The van der Waals surface area contributed by atoms with E-state index in [1.807, 2.05) is 33.8 Å². The van der Waals surface area contributed by atoms with Crippen LogP contribution >= 0.6 is 46.4 Å². The maximum absolute atomic E-state index is 13.1. The number of hydrogen-bond acceptors (Lipinski definition) is 7. The topological polar surface area (TPSA) is 116 Å². The Morgan fingerprint density at radius 2 is 1.00 bits per heavy atom. The molecule has 0 heterocycles. The Bertz CT molecular complexity index is 2200. The molecular formula is C42H34Cl4O8. The molecule has 0 saturated carbocycles. The van der Waals surface area contributed by atoms with Crippen LogP contribution in [0.3, 0.4) is 0 Å². The van der Waals surface area contributed by atoms with Crippen LogP contribution in [0, 0.1) is 16.9 Å². The van der Waals surface area contributed by atoms with Crippen molar-refractivity contribution in [3.05, 3.63) is 144 Å². The van der Waals surface area contributed by atoms with E-state index in [1.165, 1.54) is 48.5 Å². The van der Waals surface area contributed by atoms with Crippen LogP contribution in [0.1, 0.15) is 80.3 Å². The van der Waals surface area contributed by atoms with Crippen molar-refractivity contribution in [1.82, 2.24) is 0 Å². The van der Waals surface area contributed by atoms with Crippen LogP contribution in [-0.4, -0.2) is 37.1 Å². The highest BCUT2D eigenvalue weighted by atomic mass is 35.5. The van der Waals surface area contributed by atoms with E-state index in [0.29, 0.717) is 12.8 Å². The fourth-order valence-corrected chi connectivity index (χ4v) is 6.95. The molecule has 0 spiro atoms. The molecule has 12 heteroatoms. The highest BCUT2D eigenvalue weighted by Gasteiger charge is 2.26. The summed E-state index contributed by atoms with van der Waals surface area (Å²) < 4.78 is 16.6. The lowest BCUT2D eigenvalue weighted by Crippen LogP contribution is -2.25. The second-order valence-corrected chi connectivity index (χ2v) is 16.0. The van der Waals surface area contributed by atoms with Gasteiger partial charge in [-0.1, -0.05) is 110 Å². The maximum atomic E-state index is 13.1. The number of carbonyl (C=O) groups excluding carboxylic acids is 4. The Morgan fingerprint density at radius 3 is 1.44 bits per heavy atom. The van der Waals surface area contributed by atoms with E-state index in [9.17, 15) is 24.3 Å². The first-order chi connectivity index (χ1) is 25.4. The Kier molecular flexibility index (Phi) is 12.6. The van der Waals surface area contributed by atoms with Crippen LogP contribution in [-0.2, 0) is 27.4 Å². The minimum absolute atomic E-state index is 0.0112. The van der Waals surface area contributed by atoms with E-state index >= 15 is 0 Å². The lowest BCUT2D eigenvalue weighted by Gasteiger charge is -2.25. The van der Waals surface area contributed by atoms with Gasteiger partial charge in [0.05, 0.1) is 55.6 Å². The summed E-state index contributed by atoms with van der Waals surface area (Å²) in [6.07, 6.45) is 1.26. The lowest BCUT2D eigenvalue weighted by atomic mass is 9.84. The number of hydrogen-bond donors (Lipinski definition) is 0. The van der Waals surface area contributed by atoms with E-state index < -0.39 is 29.3 Å². The van der Waals surface area contributed by atoms with Crippen LogP contribution in [0.5, 0.6) is 5.75 Å². The predicted octanol–water partition coefficient (Wildman–Crippen LogP) is 10.9. The average Bonchev–Trinajstić information content (AvgIpc) is 3.09. The first kappa shape index (κ1) is 40.6. The molecule has 5 rings (SSSR count). The summed E-state index contributed by atoms with van der Waals surface area (Å²) in [6, 6.07) is 25.7. The minimum atomic E-state index is -1.37. The zero-order valence-corrected chi connectivity index (χ0v) is 32.7. The van der Waals surface area contributed by atoms with Crippen molar-refractivity contribution in [1.29, 1.82) is 0 Å². The molecule has 0 atom stereocenters. The summed E-state index contributed by atoms with van der Waals surface area (Å²) in [5.41, 5.74) is 1.36. The van der Waals surface area contributed by atoms with Gasteiger partial charge >= 0.3 is 23.9 Å². The lowest BCUT2D eigenvalue weighted by molar-refractivity contribution is 0.0335. The summed E-state index contributed by atoms with van der Waals surface area (Å²) in [5, 5.41) is 13.3. The fraction of sp³-hybridized carbons (Fsp3) is 0.238.